The lowest BCUT2D eigenvalue weighted by Gasteiger charge is -2.07. The van der Waals surface area contributed by atoms with Crippen molar-refractivity contribution in [3.05, 3.63) is 0 Å². The highest BCUT2D eigenvalue weighted by molar-refractivity contribution is 5.85. The number of hydrogen-bond donors (Lipinski definition) is 3. The summed E-state index contributed by atoms with van der Waals surface area (Å²) in [5, 5.41) is 10.3. The third kappa shape index (κ3) is 31.4. The molecule has 1 unspecified atom stereocenters. The van der Waals surface area contributed by atoms with E-state index in [4.69, 9.17) is 41.7 Å². The monoisotopic (exact) mass is 316 g/mol. The van der Waals surface area contributed by atoms with Crippen molar-refractivity contribution < 1.29 is 55.8 Å². The first kappa shape index (κ1) is 30.4. The highest BCUT2D eigenvalue weighted by Crippen LogP contribution is 1.91. The van der Waals surface area contributed by atoms with Crippen LogP contribution in [0.25, 0.3) is 0 Å². The standard InChI is InChI=1S/C5H9FN2O3.4F2/c1-7-5(11)3(8-6)2-4(9)10;4*1-2/h3,8H,2H2,1H3,(H,7,11)(H,9,10);;;;. The number of hydrogen-bond acceptors (Lipinski definition) is 3. The minimum Gasteiger partial charge on any atom is -0.481 e. The number of carboxylic acid groups (broad SMARTS) is 1. The van der Waals surface area contributed by atoms with E-state index in [9.17, 15) is 14.1 Å². The molecule has 0 saturated heterocycles. The van der Waals surface area contributed by atoms with Crippen molar-refractivity contribution in [2.24, 2.45) is 0 Å². The van der Waals surface area contributed by atoms with Gasteiger partial charge in [-0.1, -0.05) is 0 Å². The van der Waals surface area contributed by atoms with Gasteiger partial charge < -0.3 is 10.4 Å². The third-order valence-corrected chi connectivity index (χ3v) is 1.07. The van der Waals surface area contributed by atoms with Crippen LogP contribution >= 0.6 is 0 Å². The number of likely N-dealkylation sites (N-methyl/N-ethyl adjacent to an activating group) is 1. The zero-order valence-corrected chi connectivity index (χ0v) is 8.95. The summed E-state index contributed by atoms with van der Waals surface area (Å²) in [6.45, 7) is 0. The fourth-order valence-corrected chi connectivity index (χ4v) is 0.530. The number of carbonyl (C=O) groups is 2. The van der Waals surface area contributed by atoms with Gasteiger partial charge in [-0.15, -0.1) is 10.0 Å². The number of halogens is 9. The van der Waals surface area contributed by atoms with Crippen LogP contribution in [0.2, 0.25) is 0 Å². The van der Waals surface area contributed by atoms with E-state index in [1.165, 1.54) is 7.05 Å². The van der Waals surface area contributed by atoms with Crippen LogP contribution in [-0.4, -0.2) is 30.1 Å². The van der Waals surface area contributed by atoms with Crippen LogP contribution in [0, 0.1) is 0 Å². The van der Waals surface area contributed by atoms with Gasteiger partial charge in [-0.25, -0.2) is 0 Å². The van der Waals surface area contributed by atoms with Crippen molar-refractivity contribution in [1.82, 2.24) is 10.9 Å². The molecule has 1 amide bonds. The van der Waals surface area contributed by atoms with Gasteiger partial charge in [0.1, 0.15) is 6.04 Å². The molecule has 0 aliphatic heterocycles. The second-order valence-electron chi connectivity index (χ2n) is 1.87. The molecule has 0 fully saturated rings. The minimum atomic E-state index is -1.31. The lowest BCUT2D eigenvalue weighted by Crippen LogP contribution is -2.40. The zero-order valence-electron chi connectivity index (χ0n) is 8.95. The Morgan fingerprint density at radius 3 is 1.47 bits per heavy atom. The number of carboxylic acids is 1. The van der Waals surface area contributed by atoms with Crippen molar-refractivity contribution in [1.29, 1.82) is 0 Å². The van der Waals surface area contributed by atoms with Crippen molar-refractivity contribution in [3.8, 4) is 0 Å². The van der Waals surface area contributed by atoms with Crippen molar-refractivity contribution in [2.45, 2.75) is 12.5 Å². The molecule has 0 heterocycles. The topological polar surface area (TPSA) is 78.4 Å². The lowest BCUT2D eigenvalue weighted by molar-refractivity contribution is -0.140. The summed E-state index contributed by atoms with van der Waals surface area (Å²) in [4.78, 5) is 20.6. The van der Waals surface area contributed by atoms with E-state index in [2.05, 4.69) is 5.32 Å². The largest absolute Gasteiger partial charge is 0.481 e. The van der Waals surface area contributed by atoms with E-state index in [1.54, 1.807) is 0 Å². The van der Waals surface area contributed by atoms with E-state index in [0.29, 0.717) is 0 Å². The number of rotatable bonds is 4. The van der Waals surface area contributed by atoms with Gasteiger partial charge in [0.05, 0.1) is 6.42 Å². The van der Waals surface area contributed by atoms with E-state index in [-0.39, 0.29) is 0 Å². The summed E-state index contributed by atoms with van der Waals surface area (Å²) in [6.07, 6.45) is -0.573. The van der Waals surface area contributed by atoms with Gasteiger partial charge >= 0.3 is 5.97 Å². The Hall–Kier alpha value is -1.73. The summed E-state index contributed by atoms with van der Waals surface area (Å²) in [7, 11) is 1.30. The second-order valence-corrected chi connectivity index (χ2v) is 1.87. The fourth-order valence-electron chi connectivity index (χ4n) is 0.530. The Labute approximate surface area is 99.3 Å². The molecule has 5 nitrogen and oxygen atoms in total. The molecular weight excluding hydrogens is 307 g/mol. The predicted molar refractivity (Wildman–Crippen MR) is 43.2 cm³/mol. The zero-order chi connectivity index (χ0) is 16.9. The van der Waals surface area contributed by atoms with Gasteiger partial charge in [0.25, 0.3) is 0 Å². The van der Waals surface area contributed by atoms with Crippen LogP contribution in [0.3, 0.4) is 0 Å². The van der Waals surface area contributed by atoms with Crippen LogP contribution in [-0.2, 0) is 9.59 Å². The van der Waals surface area contributed by atoms with Crippen molar-refractivity contribution in [3.63, 3.8) is 0 Å². The molecule has 0 bridgehead atoms. The molecule has 0 aliphatic rings. The number of nitrogens with one attached hydrogen (secondary N) is 2. The minimum absolute atomic E-state index is 0.573. The summed E-state index contributed by atoms with van der Waals surface area (Å²) < 4.78 is 75.7. The van der Waals surface area contributed by atoms with Gasteiger partial charge in [-0.2, -0.15) is 0 Å². The molecule has 0 spiro atoms. The van der Waals surface area contributed by atoms with E-state index in [0.717, 1.165) is 5.54 Å². The molecule has 0 aromatic carbocycles. The summed E-state index contributed by atoms with van der Waals surface area (Å²) >= 11 is 0. The van der Waals surface area contributed by atoms with Crippen LogP contribution in [0.5, 0.6) is 0 Å². The molecule has 1 atom stereocenters. The first-order valence-electron chi connectivity index (χ1n) is 3.48. The number of carbonyl (C=O) groups excluding carboxylic acids is 1. The SMILES string of the molecule is CNC(=O)C(CC(=O)O)NF.FF.FF.FF.FF. The molecule has 3 N–H and O–H groups in total. The predicted octanol–water partition coefficient (Wildman–Crippen LogP) is 2.41. The molecule has 0 radical (unpaired) electrons. The molecule has 0 aromatic heterocycles. The van der Waals surface area contributed by atoms with Crippen molar-refractivity contribution >= 4 is 11.9 Å². The maximum Gasteiger partial charge on any atom is 0.305 e. The summed E-state index contributed by atoms with van der Waals surface area (Å²) in [5.41, 5.74) is 1.09. The van der Waals surface area contributed by atoms with Gasteiger partial charge in [0, 0.05) is 43.6 Å². The molecule has 14 heteroatoms. The quantitative estimate of drug-likeness (QED) is 0.550. The maximum absolute atomic E-state index is 11.7. The van der Waals surface area contributed by atoms with Gasteiger partial charge in [-0.3, -0.25) is 9.59 Å². The van der Waals surface area contributed by atoms with E-state index < -0.39 is 24.3 Å². The molecular formula is C5H9F9N2O3. The second kappa shape index (κ2) is 36.0. The van der Waals surface area contributed by atoms with Crippen molar-refractivity contribution in [2.75, 3.05) is 7.05 Å². The molecule has 0 aromatic rings. The van der Waals surface area contributed by atoms with Gasteiger partial charge in [-0.05, 0) is 0 Å². The Kier molecular flexibility index (Phi) is 57.5. The van der Waals surface area contributed by atoms with Crippen LogP contribution in [0.4, 0.5) is 41.1 Å². The van der Waals surface area contributed by atoms with E-state index in [1.807, 2.05) is 0 Å². The maximum atomic E-state index is 11.7. The van der Waals surface area contributed by atoms with Crippen LogP contribution < -0.4 is 10.9 Å². The molecule has 19 heavy (non-hydrogen) atoms. The Bertz CT molecular complexity index is 176. The Balaban J connectivity index is -0.0000000693. The van der Waals surface area contributed by atoms with Crippen LogP contribution in [0.1, 0.15) is 6.42 Å². The van der Waals surface area contributed by atoms with Gasteiger partial charge in [0.15, 0.2) is 0 Å². The third-order valence-electron chi connectivity index (χ3n) is 1.07. The summed E-state index contributed by atoms with van der Waals surface area (Å²) in [6, 6.07) is -1.31. The normalized spacial score (nSPS) is 8.32. The highest BCUT2D eigenvalue weighted by Gasteiger charge is 2.19. The van der Waals surface area contributed by atoms with Gasteiger partial charge in [0.2, 0.25) is 5.91 Å². The molecule has 0 rings (SSSR count). The lowest BCUT2D eigenvalue weighted by atomic mass is 10.2. The Morgan fingerprint density at radius 1 is 1.00 bits per heavy atom. The van der Waals surface area contributed by atoms with E-state index >= 15 is 0 Å². The summed E-state index contributed by atoms with van der Waals surface area (Å²) in [5.74, 6) is -1.92. The average Bonchev–Trinajstić information content (AvgIpc) is 2.51. The number of amides is 1. The first-order chi connectivity index (χ1) is 9.11. The smallest absolute Gasteiger partial charge is 0.305 e. The molecule has 0 aliphatic carbocycles. The first-order valence-corrected chi connectivity index (χ1v) is 3.48. The molecule has 120 valence electrons. The average molecular weight is 316 g/mol. The number of aliphatic carboxylic acids is 1. The molecule has 0 saturated carbocycles. The fraction of sp³-hybridized carbons (Fsp3) is 0.600. The Morgan fingerprint density at radius 2 is 1.32 bits per heavy atom. The van der Waals surface area contributed by atoms with Crippen LogP contribution in [0.15, 0.2) is 0 Å². The highest BCUT2D eigenvalue weighted by atomic mass is 20.0.